The van der Waals surface area contributed by atoms with Crippen LogP contribution < -0.4 is 10.2 Å². The summed E-state index contributed by atoms with van der Waals surface area (Å²) >= 11 is 6.14. The monoisotopic (exact) mass is 336 g/mol. The Kier molecular flexibility index (Phi) is 4.02. The molecule has 1 aromatic rings. The fourth-order valence-corrected chi connectivity index (χ4v) is 3.12. The number of nitrogens with one attached hydrogen (secondary N) is 1. The fourth-order valence-electron chi connectivity index (χ4n) is 2.88. The summed E-state index contributed by atoms with van der Waals surface area (Å²) < 4.78 is 0. The van der Waals surface area contributed by atoms with Gasteiger partial charge in [0.25, 0.3) is 0 Å². The first kappa shape index (κ1) is 15.8. The molecule has 0 spiro atoms. The van der Waals surface area contributed by atoms with Crippen LogP contribution in [0.4, 0.5) is 5.69 Å². The lowest BCUT2D eigenvalue weighted by Gasteiger charge is -2.33. The topological polar surface area (TPSA) is 86.7 Å². The van der Waals surface area contributed by atoms with E-state index in [2.05, 4.69) is 5.32 Å². The Bertz CT molecular complexity index is 672. The van der Waals surface area contributed by atoms with E-state index in [-0.39, 0.29) is 5.91 Å². The molecule has 1 aliphatic carbocycles. The van der Waals surface area contributed by atoms with Crippen LogP contribution in [0.1, 0.15) is 25.7 Å². The molecule has 6 nitrogen and oxygen atoms in total. The van der Waals surface area contributed by atoms with Gasteiger partial charge in [-0.1, -0.05) is 23.7 Å². The number of amides is 2. The molecule has 3 rings (SSSR count). The van der Waals surface area contributed by atoms with Crippen LogP contribution in [0.3, 0.4) is 0 Å². The molecule has 2 N–H and O–H groups in total. The van der Waals surface area contributed by atoms with E-state index in [0.29, 0.717) is 42.9 Å². The second-order valence-electron chi connectivity index (χ2n) is 6.00. The Balaban J connectivity index is 1.75. The molecule has 0 aromatic heterocycles. The number of aliphatic carboxylic acids is 1. The van der Waals surface area contributed by atoms with Crippen molar-refractivity contribution in [1.29, 1.82) is 0 Å². The van der Waals surface area contributed by atoms with E-state index in [1.165, 1.54) is 0 Å². The lowest BCUT2D eigenvalue weighted by atomic mass is 10.0. The number of anilines is 1. The second-order valence-corrected chi connectivity index (χ2v) is 6.40. The average molecular weight is 337 g/mol. The first-order chi connectivity index (χ1) is 11.0. The number of para-hydroxylation sites is 1. The van der Waals surface area contributed by atoms with Crippen LogP contribution in [0.25, 0.3) is 0 Å². The largest absolute Gasteiger partial charge is 0.480 e. The van der Waals surface area contributed by atoms with Gasteiger partial charge in [-0.25, -0.2) is 0 Å². The summed E-state index contributed by atoms with van der Waals surface area (Å²) in [5, 5.41) is 12.2. The van der Waals surface area contributed by atoms with Crippen LogP contribution in [0.2, 0.25) is 5.02 Å². The maximum absolute atomic E-state index is 12.6. The summed E-state index contributed by atoms with van der Waals surface area (Å²) in [6.07, 6.45) is 1.86. The number of halogens is 1. The molecule has 1 atom stereocenters. The Morgan fingerprint density at radius 1 is 1.30 bits per heavy atom. The molecular weight excluding hydrogens is 320 g/mol. The number of nitrogens with zero attached hydrogens (tertiary/aromatic N) is 1. The summed E-state index contributed by atoms with van der Waals surface area (Å²) in [6.45, 7) is 0.527. The van der Waals surface area contributed by atoms with Gasteiger partial charge in [0, 0.05) is 6.54 Å². The molecule has 7 heteroatoms. The van der Waals surface area contributed by atoms with Crippen molar-refractivity contribution in [1.82, 2.24) is 5.32 Å². The smallest absolute Gasteiger partial charge is 0.319 e. The third-order valence-corrected chi connectivity index (χ3v) is 4.80. The molecule has 1 aliphatic heterocycles. The van der Waals surface area contributed by atoms with Gasteiger partial charge >= 0.3 is 5.97 Å². The molecule has 1 aromatic carbocycles. The molecule has 0 radical (unpaired) electrons. The van der Waals surface area contributed by atoms with E-state index < -0.39 is 23.3 Å². The van der Waals surface area contributed by atoms with Crippen LogP contribution in [-0.2, 0) is 14.4 Å². The molecule has 1 saturated carbocycles. The third-order valence-electron chi connectivity index (χ3n) is 4.48. The van der Waals surface area contributed by atoms with Crippen molar-refractivity contribution >= 4 is 35.1 Å². The number of carboxylic acid groups (broad SMARTS) is 1. The van der Waals surface area contributed by atoms with E-state index in [9.17, 15) is 14.4 Å². The van der Waals surface area contributed by atoms with Crippen molar-refractivity contribution in [3.05, 3.63) is 29.3 Å². The molecule has 2 amide bonds. The first-order valence-electron chi connectivity index (χ1n) is 7.56. The SMILES string of the molecule is O=C1C(NC(=O)C2(C(=O)O)CC2)CCCN1c1ccccc1Cl. The zero-order valence-electron chi connectivity index (χ0n) is 12.4. The third kappa shape index (κ3) is 2.79. The fraction of sp³-hybridized carbons (Fsp3) is 0.438. The van der Waals surface area contributed by atoms with E-state index in [4.69, 9.17) is 16.7 Å². The molecule has 1 saturated heterocycles. The van der Waals surface area contributed by atoms with Crippen molar-refractivity contribution in [2.24, 2.45) is 5.41 Å². The number of rotatable bonds is 4. The number of carbonyl (C=O) groups excluding carboxylic acids is 2. The Labute approximate surface area is 138 Å². The van der Waals surface area contributed by atoms with Crippen LogP contribution in [0, 0.1) is 5.41 Å². The van der Waals surface area contributed by atoms with Crippen molar-refractivity contribution in [3.8, 4) is 0 Å². The van der Waals surface area contributed by atoms with Gasteiger partial charge in [0.15, 0.2) is 0 Å². The minimum absolute atomic E-state index is 0.251. The highest BCUT2D eigenvalue weighted by Crippen LogP contribution is 2.46. The normalized spacial score (nSPS) is 22.6. The van der Waals surface area contributed by atoms with Crippen LogP contribution in [0.5, 0.6) is 0 Å². The zero-order chi connectivity index (χ0) is 16.6. The number of carbonyl (C=O) groups is 3. The lowest BCUT2D eigenvalue weighted by molar-refractivity contribution is -0.150. The summed E-state index contributed by atoms with van der Waals surface area (Å²) in [7, 11) is 0. The van der Waals surface area contributed by atoms with E-state index in [0.717, 1.165) is 0 Å². The van der Waals surface area contributed by atoms with E-state index >= 15 is 0 Å². The summed E-state index contributed by atoms with van der Waals surface area (Å²) in [4.78, 5) is 37.6. The van der Waals surface area contributed by atoms with Crippen molar-refractivity contribution in [2.75, 3.05) is 11.4 Å². The molecule has 1 heterocycles. The number of carboxylic acids is 1. The highest BCUT2D eigenvalue weighted by Gasteiger charge is 2.57. The van der Waals surface area contributed by atoms with Gasteiger partial charge in [-0.15, -0.1) is 0 Å². The summed E-state index contributed by atoms with van der Waals surface area (Å²) in [5.74, 6) is -1.94. The van der Waals surface area contributed by atoms with Crippen molar-refractivity contribution in [3.63, 3.8) is 0 Å². The second kappa shape index (κ2) is 5.85. The van der Waals surface area contributed by atoms with Crippen molar-refractivity contribution in [2.45, 2.75) is 31.7 Å². The summed E-state index contributed by atoms with van der Waals surface area (Å²) in [6, 6.07) is 6.33. The van der Waals surface area contributed by atoms with Gasteiger partial charge in [0.2, 0.25) is 11.8 Å². The predicted molar refractivity (Wildman–Crippen MR) is 84.3 cm³/mol. The molecule has 23 heavy (non-hydrogen) atoms. The molecule has 122 valence electrons. The summed E-state index contributed by atoms with van der Waals surface area (Å²) in [5.41, 5.74) is -0.732. The number of benzene rings is 1. The standard InChI is InChI=1S/C16H17ClN2O4/c17-10-4-1-2-6-12(10)19-9-3-5-11(13(19)20)18-14(21)16(7-8-16)15(22)23/h1-2,4,6,11H,3,5,7-9H2,(H,18,21)(H,22,23). The van der Waals surface area contributed by atoms with Crippen LogP contribution in [0.15, 0.2) is 24.3 Å². The minimum atomic E-state index is -1.34. The van der Waals surface area contributed by atoms with Gasteiger partial charge in [0.05, 0.1) is 10.7 Å². The van der Waals surface area contributed by atoms with Gasteiger partial charge in [-0.2, -0.15) is 0 Å². The lowest BCUT2D eigenvalue weighted by Crippen LogP contribution is -2.54. The highest BCUT2D eigenvalue weighted by atomic mass is 35.5. The zero-order valence-corrected chi connectivity index (χ0v) is 13.2. The van der Waals surface area contributed by atoms with Gasteiger partial charge in [-0.05, 0) is 37.8 Å². The van der Waals surface area contributed by atoms with E-state index in [1.807, 2.05) is 0 Å². The van der Waals surface area contributed by atoms with Crippen LogP contribution in [-0.4, -0.2) is 35.5 Å². The average Bonchev–Trinajstić information content (AvgIpc) is 3.32. The minimum Gasteiger partial charge on any atom is -0.480 e. The number of piperidine rings is 1. The number of hydrogen-bond acceptors (Lipinski definition) is 3. The first-order valence-corrected chi connectivity index (χ1v) is 7.94. The quantitative estimate of drug-likeness (QED) is 0.821. The molecule has 2 fully saturated rings. The Morgan fingerprint density at radius 3 is 2.61 bits per heavy atom. The molecule has 0 bridgehead atoms. The highest BCUT2D eigenvalue weighted by molar-refractivity contribution is 6.33. The van der Waals surface area contributed by atoms with E-state index in [1.54, 1.807) is 29.2 Å². The Morgan fingerprint density at radius 2 is 2.00 bits per heavy atom. The maximum Gasteiger partial charge on any atom is 0.319 e. The van der Waals surface area contributed by atoms with Gasteiger partial charge < -0.3 is 15.3 Å². The van der Waals surface area contributed by atoms with Gasteiger partial charge in [0.1, 0.15) is 11.5 Å². The van der Waals surface area contributed by atoms with Crippen LogP contribution >= 0.6 is 11.6 Å². The van der Waals surface area contributed by atoms with Gasteiger partial charge in [-0.3, -0.25) is 14.4 Å². The Hall–Kier alpha value is -2.08. The maximum atomic E-state index is 12.6. The predicted octanol–water partition coefficient (Wildman–Crippen LogP) is 1.82. The molecule has 1 unspecified atom stereocenters. The molecular formula is C16H17ClN2O4. The molecule has 2 aliphatic rings. The number of hydrogen-bond donors (Lipinski definition) is 2. The van der Waals surface area contributed by atoms with Crippen molar-refractivity contribution < 1.29 is 19.5 Å².